The molecule has 0 N–H and O–H groups in total. The molecule has 0 unspecified atom stereocenters. The van der Waals surface area contributed by atoms with Crippen molar-refractivity contribution in [1.82, 2.24) is 0 Å². The molecule has 0 radical (unpaired) electrons. The molecule has 0 aliphatic heterocycles. The fraction of sp³-hybridized carbons (Fsp3) is 0.104. The predicted molar refractivity (Wildman–Crippen MR) is 295 cm³/mol. The SMILES string of the molecule is CC1(C)c2ccccc2-c2ccc(N(c3ccc(-c4ccc([Si](C)(C)C)cc4)cc3)c3ccc4c(c3)C(c3ccccc3)(c3ccccc3)c3ccc(-c5ccc(-c6ccccc6)cc5)cc3-4)cc21. The van der Waals surface area contributed by atoms with Crippen LogP contribution in [0.15, 0.2) is 243 Å². The summed E-state index contributed by atoms with van der Waals surface area (Å²) in [5, 5.41) is 1.48. The zero-order valence-corrected chi connectivity index (χ0v) is 41.0. The molecule has 10 aromatic rings. The van der Waals surface area contributed by atoms with E-state index in [1.807, 2.05) is 0 Å². The van der Waals surface area contributed by atoms with Crippen LogP contribution >= 0.6 is 0 Å². The van der Waals surface area contributed by atoms with Crippen LogP contribution in [0.3, 0.4) is 0 Å². The van der Waals surface area contributed by atoms with Gasteiger partial charge < -0.3 is 4.90 Å². The van der Waals surface area contributed by atoms with Crippen molar-refractivity contribution in [3.05, 3.63) is 276 Å². The summed E-state index contributed by atoms with van der Waals surface area (Å²) in [6.07, 6.45) is 0. The average molecular weight is 902 g/mol. The zero-order chi connectivity index (χ0) is 46.9. The number of nitrogens with zero attached hydrogens (tertiary/aromatic N) is 1. The first-order valence-corrected chi connectivity index (χ1v) is 27.9. The lowest BCUT2D eigenvalue weighted by Gasteiger charge is -2.35. The van der Waals surface area contributed by atoms with E-state index in [0.717, 1.165) is 17.1 Å². The fourth-order valence-electron chi connectivity index (χ4n) is 11.5. The van der Waals surface area contributed by atoms with Crippen molar-refractivity contribution in [3.63, 3.8) is 0 Å². The largest absolute Gasteiger partial charge is 0.310 e. The van der Waals surface area contributed by atoms with Gasteiger partial charge in [0.1, 0.15) is 0 Å². The maximum atomic E-state index is 2.50. The minimum Gasteiger partial charge on any atom is -0.310 e. The maximum absolute atomic E-state index is 2.50. The highest BCUT2D eigenvalue weighted by atomic mass is 28.3. The van der Waals surface area contributed by atoms with Crippen LogP contribution in [0.2, 0.25) is 19.6 Å². The fourth-order valence-corrected chi connectivity index (χ4v) is 12.7. The minimum atomic E-state index is -1.41. The van der Waals surface area contributed by atoms with Crippen molar-refractivity contribution < 1.29 is 0 Å². The van der Waals surface area contributed by atoms with Gasteiger partial charge in [-0.15, -0.1) is 0 Å². The number of fused-ring (bicyclic) bond motifs is 6. The van der Waals surface area contributed by atoms with Crippen LogP contribution < -0.4 is 10.1 Å². The number of benzene rings is 10. The third kappa shape index (κ3) is 7.04. The normalized spacial score (nSPS) is 13.8. The van der Waals surface area contributed by atoms with E-state index in [1.165, 1.54) is 94.2 Å². The van der Waals surface area contributed by atoms with Crippen molar-refractivity contribution >= 4 is 30.3 Å². The second-order valence-corrected chi connectivity index (χ2v) is 25.6. The Morgan fingerprint density at radius 3 is 1.30 bits per heavy atom. The van der Waals surface area contributed by atoms with Crippen LogP contribution in [-0.4, -0.2) is 8.07 Å². The summed E-state index contributed by atoms with van der Waals surface area (Å²) in [6.45, 7) is 12.0. The molecule has 12 rings (SSSR count). The molecule has 10 aromatic carbocycles. The van der Waals surface area contributed by atoms with Gasteiger partial charge in [-0.25, -0.2) is 0 Å². The molecule has 0 amide bonds. The van der Waals surface area contributed by atoms with E-state index in [1.54, 1.807) is 0 Å². The van der Waals surface area contributed by atoms with Crippen LogP contribution in [0.25, 0.3) is 55.6 Å². The Morgan fingerprint density at radius 1 is 0.304 bits per heavy atom. The van der Waals surface area contributed by atoms with Gasteiger partial charge in [-0.2, -0.15) is 0 Å². The third-order valence-corrected chi connectivity index (χ3v) is 17.2. The molecule has 0 aromatic heterocycles. The molecule has 332 valence electrons. The van der Waals surface area contributed by atoms with Gasteiger partial charge in [-0.05, 0) is 131 Å². The number of rotatable bonds is 9. The van der Waals surface area contributed by atoms with Crippen LogP contribution in [0.4, 0.5) is 17.1 Å². The highest BCUT2D eigenvalue weighted by molar-refractivity contribution is 6.88. The summed E-state index contributed by atoms with van der Waals surface area (Å²) in [7, 11) is -1.41. The minimum absolute atomic E-state index is 0.144. The van der Waals surface area contributed by atoms with E-state index in [2.05, 4.69) is 281 Å². The highest BCUT2D eigenvalue weighted by Crippen LogP contribution is 2.58. The van der Waals surface area contributed by atoms with E-state index in [9.17, 15) is 0 Å². The molecule has 0 atom stereocenters. The van der Waals surface area contributed by atoms with Gasteiger partial charge in [0.25, 0.3) is 0 Å². The first-order chi connectivity index (χ1) is 33.6. The molecule has 0 spiro atoms. The number of hydrogen-bond acceptors (Lipinski definition) is 1. The average Bonchev–Trinajstić information content (AvgIpc) is 3.81. The van der Waals surface area contributed by atoms with Gasteiger partial charge in [0, 0.05) is 22.5 Å². The van der Waals surface area contributed by atoms with Crippen molar-refractivity contribution in [2.45, 2.75) is 44.3 Å². The monoisotopic (exact) mass is 901 g/mol. The van der Waals surface area contributed by atoms with E-state index in [-0.39, 0.29) is 5.41 Å². The molecule has 2 aliphatic rings. The van der Waals surface area contributed by atoms with Crippen LogP contribution in [0.1, 0.15) is 47.2 Å². The first-order valence-electron chi connectivity index (χ1n) is 24.4. The lowest BCUT2D eigenvalue weighted by molar-refractivity contribution is 0.660. The topological polar surface area (TPSA) is 3.24 Å². The maximum Gasteiger partial charge on any atom is 0.0775 e. The van der Waals surface area contributed by atoms with Crippen LogP contribution in [0, 0.1) is 0 Å². The van der Waals surface area contributed by atoms with Gasteiger partial charge in [0.2, 0.25) is 0 Å². The molecule has 0 heterocycles. The Kier molecular flexibility index (Phi) is 10.2. The Hall–Kier alpha value is -7.78. The van der Waals surface area contributed by atoms with Crippen molar-refractivity contribution in [3.8, 4) is 55.6 Å². The molecular formula is C67H55NSi. The van der Waals surface area contributed by atoms with Gasteiger partial charge in [-0.3, -0.25) is 0 Å². The second kappa shape index (κ2) is 16.5. The third-order valence-electron chi connectivity index (χ3n) is 15.2. The summed E-state index contributed by atoms with van der Waals surface area (Å²) in [5.74, 6) is 0. The van der Waals surface area contributed by atoms with Crippen LogP contribution in [-0.2, 0) is 10.8 Å². The molecule has 2 heteroatoms. The molecule has 0 saturated heterocycles. The zero-order valence-electron chi connectivity index (χ0n) is 40.0. The quantitative estimate of drug-likeness (QED) is 0.131. The predicted octanol–water partition coefficient (Wildman–Crippen LogP) is 17.4. The van der Waals surface area contributed by atoms with E-state index in [4.69, 9.17) is 0 Å². The van der Waals surface area contributed by atoms with Gasteiger partial charge >= 0.3 is 0 Å². The summed E-state index contributed by atoms with van der Waals surface area (Å²) >= 11 is 0. The summed E-state index contributed by atoms with van der Waals surface area (Å²) in [5.41, 5.74) is 23.0. The van der Waals surface area contributed by atoms with Crippen molar-refractivity contribution in [1.29, 1.82) is 0 Å². The summed E-state index contributed by atoms with van der Waals surface area (Å²) < 4.78 is 0. The molecule has 2 aliphatic carbocycles. The Morgan fingerprint density at radius 2 is 0.725 bits per heavy atom. The number of anilines is 3. The molecule has 0 saturated carbocycles. The van der Waals surface area contributed by atoms with E-state index < -0.39 is 13.5 Å². The lowest BCUT2D eigenvalue weighted by Crippen LogP contribution is -2.37. The Bertz CT molecular complexity index is 3470. The van der Waals surface area contributed by atoms with Gasteiger partial charge in [0.05, 0.1) is 13.5 Å². The Balaban J connectivity index is 1.05. The Labute approximate surface area is 409 Å². The summed E-state index contributed by atoms with van der Waals surface area (Å²) in [4.78, 5) is 2.49. The van der Waals surface area contributed by atoms with Crippen molar-refractivity contribution in [2.75, 3.05) is 4.90 Å². The van der Waals surface area contributed by atoms with Gasteiger partial charge in [0.15, 0.2) is 0 Å². The number of hydrogen-bond donors (Lipinski definition) is 0. The first kappa shape index (κ1) is 42.6. The standard InChI is InChI=1S/C67H55NSi/c1-66(2)62-24-16-15-23-58(62)59-40-36-55(44-64(59)66)68(54-34-29-48(30-35-54)49-31-38-57(39-32-49)69(3,4)5)56-37-41-60-61-43-51(50-27-25-47(26-28-50)46-17-9-6-10-18-46)33-42-63(61)67(65(60)45-56,52-19-11-7-12-20-52)53-21-13-8-14-22-53/h6-45H,1-5H3. The molecule has 69 heavy (non-hydrogen) atoms. The highest BCUT2D eigenvalue weighted by Gasteiger charge is 2.47. The van der Waals surface area contributed by atoms with Crippen LogP contribution in [0.5, 0.6) is 0 Å². The van der Waals surface area contributed by atoms with E-state index in [0.29, 0.717) is 0 Å². The van der Waals surface area contributed by atoms with Gasteiger partial charge in [-0.1, -0.05) is 239 Å². The molecule has 0 bridgehead atoms. The molecule has 0 fully saturated rings. The van der Waals surface area contributed by atoms with E-state index >= 15 is 0 Å². The van der Waals surface area contributed by atoms with Crippen molar-refractivity contribution in [2.24, 2.45) is 0 Å². The molecule has 1 nitrogen and oxygen atoms in total. The summed E-state index contributed by atoms with van der Waals surface area (Å²) in [6, 6.07) is 91.0. The lowest BCUT2D eigenvalue weighted by atomic mass is 9.67. The smallest absolute Gasteiger partial charge is 0.0775 e. The molecular weight excluding hydrogens is 847 g/mol. The second-order valence-electron chi connectivity index (χ2n) is 20.5.